The SMILES string of the molecule is Fc1cccc(SCc2ccccc2)c1Cl. The molecule has 0 bridgehead atoms. The number of thioether (sulfide) groups is 1. The Morgan fingerprint density at radius 1 is 1.00 bits per heavy atom. The van der Waals surface area contributed by atoms with Crippen LogP contribution in [0.2, 0.25) is 5.02 Å². The Morgan fingerprint density at radius 2 is 1.75 bits per heavy atom. The number of hydrogen-bond acceptors (Lipinski definition) is 1. The molecule has 16 heavy (non-hydrogen) atoms. The van der Waals surface area contributed by atoms with Crippen molar-refractivity contribution in [2.75, 3.05) is 0 Å². The monoisotopic (exact) mass is 252 g/mol. The molecule has 0 radical (unpaired) electrons. The molecule has 2 rings (SSSR count). The van der Waals surface area contributed by atoms with Gasteiger partial charge >= 0.3 is 0 Å². The molecule has 0 N–H and O–H groups in total. The van der Waals surface area contributed by atoms with E-state index in [2.05, 4.69) is 0 Å². The third-order valence-electron chi connectivity index (χ3n) is 2.15. The van der Waals surface area contributed by atoms with Crippen LogP contribution in [0.15, 0.2) is 53.4 Å². The molecule has 0 spiro atoms. The van der Waals surface area contributed by atoms with Crippen molar-refractivity contribution in [2.45, 2.75) is 10.6 Å². The molecule has 0 fully saturated rings. The molecule has 0 heterocycles. The van der Waals surface area contributed by atoms with Crippen molar-refractivity contribution < 1.29 is 4.39 Å². The summed E-state index contributed by atoms with van der Waals surface area (Å²) in [5, 5.41) is 0.212. The third kappa shape index (κ3) is 2.77. The summed E-state index contributed by atoms with van der Waals surface area (Å²) in [4.78, 5) is 0.783. The van der Waals surface area contributed by atoms with Gasteiger partial charge in [-0.1, -0.05) is 48.0 Å². The van der Waals surface area contributed by atoms with Crippen LogP contribution in [0.5, 0.6) is 0 Å². The van der Waals surface area contributed by atoms with Gasteiger partial charge in [-0.25, -0.2) is 4.39 Å². The zero-order chi connectivity index (χ0) is 11.4. The molecule has 0 aliphatic carbocycles. The van der Waals surface area contributed by atoms with E-state index in [9.17, 15) is 4.39 Å². The molecule has 0 nitrogen and oxygen atoms in total. The Kier molecular flexibility index (Phi) is 3.86. The van der Waals surface area contributed by atoms with Gasteiger partial charge in [-0.15, -0.1) is 11.8 Å². The van der Waals surface area contributed by atoms with E-state index in [-0.39, 0.29) is 10.8 Å². The summed E-state index contributed by atoms with van der Waals surface area (Å²) >= 11 is 7.41. The van der Waals surface area contributed by atoms with Gasteiger partial charge in [-0.05, 0) is 17.7 Å². The average Bonchev–Trinajstić information content (AvgIpc) is 2.32. The number of halogens is 2. The van der Waals surface area contributed by atoms with E-state index in [0.29, 0.717) is 0 Å². The minimum absolute atomic E-state index is 0.212. The Balaban J connectivity index is 2.08. The van der Waals surface area contributed by atoms with Crippen molar-refractivity contribution in [3.05, 3.63) is 64.9 Å². The second-order valence-electron chi connectivity index (χ2n) is 3.33. The fourth-order valence-electron chi connectivity index (χ4n) is 1.33. The highest BCUT2D eigenvalue weighted by Crippen LogP contribution is 2.31. The second kappa shape index (κ2) is 5.37. The molecule has 0 saturated heterocycles. The topological polar surface area (TPSA) is 0 Å². The van der Waals surface area contributed by atoms with Crippen molar-refractivity contribution >= 4 is 23.4 Å². The van der Waals surface area contributed by atoms with Gasteiger partial charge < -0.3 is 0 Å². The van der Waals surface area contributed by atoms with E-state index >= 15 is 0 Å². The summed E-state index contributed by atoms with van der Waals surface area (Å²) in [5.74, 6) is 0.434. The van der Waals surface area contributed by atoms with Gasteiger partial charge in [-0.3, -0.25) is 0 Å². The molecule has 0 aromatic heterocycles. The predicted octanol–water partition coefficient (Wildman–Crippen LogP) is 4.77. The lowest BCUT2D eigenvalue weighted by molar-refractivity contribution is 0.625. The summed E-state index contributed by atoms with van der Waals surface area (Å²) in [5.41, 5.74) is 1.20. The van der Waals surface area contributed by atoms with Crippen LogP contribution in [-0.2, 0) is 5.75 Å². The fourth-order valence-corrected chi connectivity index (χ4v) is 2.53. The highest BCUT2D eigenvalue weighted by atomic mass is 35.5. The van der Waals surface area contributed by atoms with Crippen molar-refractivity contribution in [1.29, 1.82) is 0 Å². The first-order valence-electron chi connectivity index (χ1n) is 4.88. The Hall–Kier alpha value is -0.990. The highest BCUT2D eigenvalue weighted by molar-refractivity contribution is 7.98. The molecular weight excluding hydrogens is 243 g/mol. The highest BCUT2D eigenvalue weighted by Gasteiger charge is 2.05. The average molecular weight is 253 g/mol. The van der Waals surface area contributed by atoms with Crippen LogP contribution in [0.3, 0.4) is 0 Å². The van der Waals surface area contributed by atoms with Crippen molar-refractivity contribution in [1.82, 2.24) is 0 Å². The quantitative estimate of drug-likeness (QED) is 0.709. The lowest BCUT2D eigenvalue weighted by Crippen LogP contribution is -1.83. The first-order chi connectivity index (χ1) is 7.77. The van der Waals surface area contributed by atoms with E-state index in [1.54, 1.807) is 17.8 Å². The van der Waals surface area contributed by atoms with Crippen LogP contribution in [-0.4, -0.2) is 0 Å². The molecule has 0 atom stereocenters. The van der Waals surface area contributed by atoms with Gasteiger partial charge in [0.25, 0.3) is 0 Å². The molecule has 0 amide bonds. The maximum Gasteiger partial charge on any atom is 0.142 e. The van der Waals surface area contributed by atoms with Gasteiger partial charge in [0.05, 0.1) is 5.02 Å². The molecule has 3 heteroatoms. The van der Waals surface area contributed by atoms with Crippen LogP contribution in [0.1, 0.15) is 5.56 Å². The maximum absolute atomic E-state index is 13.2. The first-order valence-corrected chi connectivity index (χ1v) is 6.24. The number of benzene rings is 2. The summed E-state index contributed by atoms with van der Waals surface area (Å²) < 4.78 is 13.2. The van der Waals surface area contributed by atoms with E-state index in [1.807, 2.05) is 36.4 Å². The Labute approximate surface area is 103 Å². The largest absolute Gasteiger partial charge is 0.205 e. The zero-order valence-corrected chi connectivity index (χ0v) is 10.1. The Morgan fingerprint density at radius 3 is 2.50 bits per heavy atom. The van der Waals surface area contributed by atoms with Crippen molar-refractivity contribution in [3.8, 4) is 0 Å². The van der Waals surface area contributed by atoms with Crippen molar-refractivity contribution in [2.24, 2.45) is 0 Å². The molecule has 0 unspecified atom stereocenters. The van der Waals surface area contributed by atoms with E-state index in [1.165, 1.54) is 11.6 Å². The van der Waals surface area contributed by atoms with E-state index < -0.39 is 0 Å². The van der Waals surface area contributed by atoms with Gasteiger partial charge in [0.1, 0.15) is 5.82 Å². The molecular formula is C13H10ClFS. The Bertz CT molecular complexity index is 471. The molecule has 0 saturated carbocycles. The summed E-state index contributed by atoms with van der Waals surface area (Å²) in [6.45, 7) is 0. The smallest absolute Gasteiger partial charge is 0.142 e. The zero-order valence-electron chi connectivity index (χ0n) is 8.49. The fraction of sp³-hybridized carbons (Fsp3) is 0.0769. The van der Waals surface area contributed by atoms with Gasteiger partial charge in [0.15, 0.2) is 0 Å². The van der Waals surface area contributed by atoms with Crippen LogP contribution < -0.4 is 0 Å². The number of rotatable bonds is 3. The van der Waals surface area contributed by atoms with Crippen LogP contribution in [0.25, 0.3) is 0 Å². The minimum Gasteiger partial charge on any atom is -0.205 e. The lowest BCUT2D eigenvalue weighted by atomic mass is 10.2. The van der Waals surface area contributed by atoms with Crippen LogP contribution in [0.4, 0.5) is 4.39 Å². The molecule has 0 aliphatic heterocycles. The standard InChI is InChI=1S/C13H10ClFS/c14-13-11(15)7-4-8-12(13)16-9-10-5-2-1-3-6-10/h1-8H,9H2. The predicted molar refractivity (Wildman–Crippen MR) is 67.4 cm³/mol. The number of hydrogen-bond donors (Lipinski definition) is 0. The van der Waals surface area contributed by atoms with E-state index in [0.717, 1.165) is 10.6 Å². The third-order valence-corrected chi connectivity index (χ3v) is 3.78. The lowest BCUT2D eigenvalue weighted by Gasteiger charge is -2.04. The van der Waals surface area contributed by atoms with Gasteiger partial charge in [0.2, 0.25) is 0 Å². The van der Waals surface area contributed by atoms with Crippen LogP contribution >= 0.6 is 23.4 Å². The summed E-state index contributed by atoms with van der Waals surface area (Å²) in [7, 11) is 0. The summed E-state index contributed by atoms with van der Waals surface area (Å²) in [6, 6.07) is 14.9. The van der Waals surface area contributed by atoms with Crippen molar-refractivity contribution in [3.63, 3.8) is 0 Å². The molecule has 82 valence electrons. The van der Waals surface area contributed by atoms with Gasteiger partial charge in [-0.2, -0.15) is 0 Å². The molecule has 2 aromatic carbocycles. The summed E-state index contributed by atoms with van der Waals surface area (Å²) in [6.07, 6.45) is 0. The molecule has 2 aromatic rings. The maximum atomic E-state index is 13.2. The minimum atomic E-state index is -0.361. The first kappa shape index (κ1) is 11.5. The van der Waals surface area contributed by atoms with Crippen LogP contribution in [0, 0.1) is 5.82 Å². The molecule has 0 aliphatic rings. The normalized spacial score (nSPS) is 10.4. The van der Waals surface area contributed by atoms with E-state index in [4.69, 9.17) is 11.6 Å². The van der Waals surface area contributed by atoms with Gasteiger partial charge in [0, 0.05) is 10.6 Å². The second-order valence-corrected chi connectivity index (χ2v) is 4.72.